The van der Waals surface area contributed by atoms with Gasteiger partial charge in [0.1, 0.15) is 0 Å². The van der Waals surface area contributed by atoms with Gasteiger partial charge < -0.3 is 4.90 Å². The summed E-state index contributed by atoms with van der Waals surface area (Å²) in [5, 5.41) is 0. The smallest absolute Gasteiger partial charge is 0.0465 e. The van der Waals surface area contributed by atoms with Crippen molar-refractivity contribution >= 4 is 5.69 Å². The van der Waals surface area contributed by atoms with Gasteiger partial charge in [-0.2, -0.15) is 0 Å². The van der Waals surface area contributed by atoms with Gasteiger partial charge in [-0.25, -0.2) is 0 Å². The van der Waals surface area contributed by atoms with Gasteiger partial charge in [0.05, 0.1) is 0 Å². The van der Waals surface area contributed by atoms with Crippen molar-refractivity contribution in [3.05, 3.63) is 28.8 Å². The highest BCUT2D eigenvalue weighted by atomic mass is 15.2. The topological polar surface area (TPSA) is 3.24 Å². The maximum Gasteiger partial charge on any atom is 0.0465 e. The molecule has 0 N–H and O–H groups in total. The van der Waals surface area contributed by atoms with Crippen molar-refractivity contribution in [2.24, 2.45) is 0 Å². The van der Waals surface area contributed by atoms with E-state index in [1.807, 2.05) is 0 Å². The summed E-state index contributed by atoms with van der Waals surface area (Å²) in [5.41, 5.74) is 7.59. The maximum absolute atomic E-state index is 2.64. The Hall–Kier alpha value is -0.980. The first-order valence-electron chi connectivity index (χ1n) is 9.96. The zero-order chi connectivity index (χ0) is 17.5. The van der Waals surface area contributed by atoms with Gasteiger partial charge in [-0.15, -0.1) is 0 Å². The van der Waals surface area contributed by atoms with Crippen LogP contribution in [-0.4, -0.2) is 12.6 Å². The third-order valence-electron chi connectivity index (χ3n) is 8.44. The van der Waals surface area contributed by atoms with Gasteiger partial charge in [0.25, 0.3) is 0 Å². The molecule has 2 unspecified atom stereocenters. The molecule has 1 heteroatoms. The number of likely N-dealkylation sites (N-methyl/N-ethyl adjacent to an activating group) is 1. The van der Waals surface area contributed by atoms with E-state index in [4.69, 9.17) is 0 Å². The minimum atomic E-state index is 0.284. The Balaban J connectivity index is 1.99. The molecule has 132 valence electrons. The van der Waals surface area contributed by atoms with Crippen molar-refractivity contribution in [3.8, 4) is 0 Å². The molecule has 3 aliphatic rings. The van der Waals surface area contributed by atoms with E-state index in [2.05, 4.69) is 65.6 Å². The molecule has 2 atom stereocenters. The molecule has 1 heterocycles. The monoisotopic (exact) mass is 325 g/mol. The number of nitrogens with zero attached hydrogens (tertiary/aromatic N) is 1. The molecule has 0 aromatic heterocycles. The van der Waals surface area contributed by atoms with Gasteiger partial charge in [0.2, 0.25) is 0 Å². The van der Waals surface area contributed by atoms with Crippen molar-refractivity contribution in [2.75, 3.05) is 11.9 Å². The fourth-order valence-corrected chi connectivity index (χ4v) is 6.04. The predicted molar refractivity (Wildman–Crippen MR) is 104 cm³/mol. The van der Waals surface area contributed by atoms with Crippen LogP contribution in [0.1, 0.15) is 96.8 Å². The molecular weight excluding hydrogens is 290 g/mol. The summed E-state index contributed by atoms with van der Waals surface area (Å²) in [6, 6.07) is 5.22. The highest BCUT2D eigenvalue weighted by molar-refractivity contribution is 5.70. The molecule has 2 aliphatic carbocycles. The maximum atomic E-state index is 2.64. The molecule has 24 heavy (non-hydrogen) atoms. The second-order valence-corrected chi connectivity index (χ2v) is 10.6. The summed E-state index contributed by atoms with van der Waals surface area (Å²) in [5.74, 6) is 0. The Morgan fingerprint density at radius 2 is 1.25 bits per heavy atom. The Morgan fingerprint density at radius 3 is 1.88 bits per heavy atom. The van der Waals surface area contributed by atoms with E-state index < -0.39 is 0 Å². The Labute approximate surface area is 148 Å². The molecule has 1 aromatic carbocycles. The van der Waals surface area contributed by atoms with Crippen molar-refractivity contribution in [1.29, 1.82) is 0 Å². The van der Waals surface area contributed by atoms with E-state index in [1.165, 1.54) is 44.2 Å². The first kappa shape index (κ1) is 16.5. The molecule has 1 aromatic rings. The highest BCUT2D eigenvalue weighted by Gasteiger charge is 2.56. The minimum Gasteiger partial charge on any atom is -0.368 e. The van der Waals surface area contributed by atoms with Gasteiger partial charge in [0.15, 0.2) is 0 Å². The number of hydrogen-bond donors (Lipinski definition) is 0. The molecule has 1 fully saturated rings. The summed E-state index contributed by atoms with van der Waals surface area (Å²) in [6.07, 6.45) is 8.02. The highest BCUT2D eigenvalue weighted by Crippen LogP contribution is 2.60. The van der Waals surface area contributed by atoms with Gasteiger partial charge >= 0.3 is 0 Å². The molecule has 1 nitrogen and oxygen atoms in total. The fourth-order valence-electron chi connectivity index (χ4n) is 6.04. The Bertz CT molecular complexity index is 698. The molecule has 1 saturated carbocycles. The first-order chi connectivity index (χ1) is 11.0. The Kier molecular flexibility index (Phi) is 3.16. The number of anilines is 1. The molecule has 0 amide bonds. The fraction of sp³-hybridized carbons (Fsp3) is 0.739. The van der Waals surface area contributed by atoms with Crippen molar-refractivity contribution < 1.29 is 0 Å². The lowest BCUT2D eigenvalue weighted by molar-refractivity contribution is 0.189. The second kappa shape index (κ2) is 4.59. The van der Waals surface area contributed by atoms with E-state index in [1.54, 1.807) is 16.7 Å². The van der Waals surface area contributed by atoms with Crippen LogP contribution in [0.15, 0.2) is 12.1 Å². The summed E-state index contributed by atoms with van der Waals surface area (Å²) < 4.78 is 0. The number of benzene rings is 1. The third-order valence-corrected chi connectivity index (χ3v) is 8.44. The van der Waals surface area contributed by atoms with Gasteiger partial charge in [-0.05, 0) is 66.2 Å². The number of rotatable bonds is 0. The van der Waals surface area contributed by atoms with Crippen LogP contribution in [0, 0.1) is 0 Å². The number of hydrogen-bond acceptors (Lipinski definition) is 1. The predicted octanol–water partition coefficient (Wildman–Crippen LogP) is 6.08. The van der Waals surface area contributed by atoms with E-state index in [9.17, 15) is 0 Å². The van der Waals surface area contributed by atoms with Crippen LogP contribution in [0.3, 0.4) is 0 Å². The second-order valence-electron chi connectivity index (χ2n) is 10.6. The van der Waals surface area contributed by atoms with Crippen molar-refractivity contribution in [2.45, 2.75) is 102 Å². The lowest BCUT2D eigenvalue weighted by Gasteiger charge is -2.49. The molecular formula is C23H35N. The first-order valence-corrected chi connectivity index (χ1v) is 9.96. The molecule has 0 radical (unpaired) electrons. The lowest BCUT2D eigenvalue weighted by Crippen LogP contribution is -2.55. The van der Waals surface area contributed by atoms with E-state index in [0.29, 0.717) is 16.2 Å². The summed E-state index contributed by atoms with van der Waals surface area (Å²) in [6.45, 7) is 14.9. The zero-order valence-corrected chi connectivity index (χ0v) is 16.8. The minimum absolute atomic E-state index is 0.284. The average molecular weight is 326 g/mol. The van der Waals surface area contributed by atoms with Crippen molar-refractivity contribution in [3.63, 3.8) is 0 Å². The Morgan fingerprint density at radius 1 is 0.708 bits per heavy atom. The van der Waals surface area contributed by atoms with E-state index in [-0.39, 0.29) is 5.54 Å². The molecule has 1 aliphatic heterocycles. The van der Waals surface area contributed by atoms with Crippen molar-refractivity contribution in [1.82, 2.24) is 0 Å². The largest absolute Gasteiger partial charge is 0.368 e. The normalized spacial score (nSPS) is 36.0. The van der Waals surface area contributed by atoms with Crippen LogP contribution in [0.2, 0.25) is 0 Å². The standard InChI is InChI=1S/C23H35N/c1-20(2)12-13-21(3,4)17-15-19-18(14-16(17)20)22(5)10-8-9-11-23(22,6)24(19)7/h14-15H,8-13H2,1-7H3. The van der Waals surface area contributed by atoms with Crippen LogP contribution < -0.4 is 4.90 Å². The van der Waals surface area contributed by atoms with Crippen LogP contribution >= 0.6 is 0 Å². The molecule has 0 saturated heterocycles. The molecule has 0 bridgehead atoms. The quantitative estimate of drug-likeness (QED) is 0.559. The number of fused-ring (bicyclic) bond motifs is 4. The van der Waals surface area contributed by atoms with Crippen LogP contribution in [0.4, 0.5) is 5.69 Å². The molecule has 4 rings (SSSR count). The van der Waals surface area contributed by atoms with Gasteiger partial charge in [-0.3, -0.25) is 0 Å². The SMILES string of the molecule is CN1c2cc3c(cc2C2(C)CCCCC12C)C(C)(C)CCC3(C)C. The van der Waals surface area contributed by atoms with Crippen LogP contribution in [-0.2, 0) is 16.2 Å². The van der Waals surface area contributed by atoms with Gasteiger partial charge in [0, 0.05) is 23.7 Å². The summed E-state index contributed by atoms with van der Waals surface area (Å²) in [7, 11) is 2.35. The summed E-state index contributed by atoms with van der Waals surface area (Å²) in [4.78, 5) is 2.64. The van der Waals surface area contributed by atoms with E-state index >= 15 is 0 Å². The lowest BCUT2D eigenvalue weighted by atomic mass is 9.59. The van der Waals surface area contributed by atoms with Crippen LogP contribution in [0.25, 0.3) is 0 Å². The van der Waals surface area contributed by atoms with Crippen LogP contribution in [0.5, 0.6) is 0 Å². The van der Waals surface area contributed by atoms with E-state index in [0.717, 1.165) is 0 Å². The summed E-state index contributed by atoms with van der Waals surface area (Å²) >= 11 is 0. The average Bonchev–Trinajstić information content (AvgIpc) is 2.69. The third kappa shape index (κ3) is 1.82. The zero-order valence-electron chi connectivity index (χ0n) is 16.8. The molecule has 0 spiro atoms. The van der Waals surface area contributed by atoms with Gasteiger partial charge in [-0.1, -0.05) is 53.5 Å².